The fourth-order valence-electron chi connectivity index (χ4n) is 1.45. The third kappa shape index (κ3) is 6.96. The molecule has 0 aliphatic carbocycles. The first-order valence-corrected chi connectivity index (χ1v) is 6.54. The molecule has 0 aliphatic rings. The van der Waals surface area contributed by atoms with Gasteiger partial charge < -0.3 is 25.3 Å². The summed E-state index contributed by atoms with van der Waals surface area (Å²) in [5.74, 6) is 0.343. The van der Waals surface area contributed by atoms with E-state index in [1.807, 2.05) is 6.07 Å². The van der Waals surface area contributed by atoms with Crippen LogP contribution in [0.15, 0.2) is 24.3 Å². The van der Waals surface area contributed by atoms with Crippen LogP contribution in [0.2, 0.25) is 0 Å². The predicted octanol–water partition coefficient (Wildman–Crippen LogP) is 0.817. The number of amides is 1. The van der Waals surface area contributed by atoms with Crippen LogP contribution in [0.4, 0.5) is 5.69 Å². The van der Waals surface area contributed by atoms with Gasteiger partial charge in [0.05, 0.1) is 18.9 Å². The number of hydrogen-bond donors (Lipinski definition) is 2. The van der Waals surface area contributed by atoms with E-state index in [1.165, 1.54) is 0 Å². The Morgan fingerprint density at radius 1 is 1.25 bits per heavy atom. The lowest BCUT2D eigenvalue weighted by molar-refractivity contribution is -0.123. The minimum atomic E-state index is -0.176. The van der Waals surface area contributed by atoms with Crippen LogP contribution in [0.1, 0.15) is 6.42 Å². The van der Waals surface area contributed by atoms with Crippen molar-refractivity contribution in [2.24, 2.45) is 0 Å². The Morgan fingerprint density at radius 2 is 2.05 bits per heavy atom. The molecule has 3 N–H and O–H groups in total. The molecular weight excluding hydrogens is 260 g/mol. The normalized spacial score (nSPS) is 10.2. The first-order chi connectivity index (χ1) is 9.74. The van der Waals surface area contributed by atoms with Crippen LogP contribution in [-0.4, -0.2) is 46.0 Å². The molecule has 0 saturated carbocycles. The lowest BCUT2D eigenvalue weighted by Gasteiger charge is -2.09. The molecule has 0 heterocycles. The van der Waals surface area contributed by atoms with Crippen LogP contribution < -0.4 is 15.8 Å². The molecule has 6 heteroatoms. The van der Waals surface area contributed by atoms with Gasteiger partial charge in [0.15, 0.2) is 6.61 Å². The van der Waals surface area contributed by atoms with Gasteiger partial charge in [-0.1, -0.05) is 12.1 Å². The van der Waals surface area contributed by atoms with Crippen molar-refractivity contribution in [1.82, 2.24) is 5.32 Å². The Labute approximate surface area is 119 Å². The van der Waals surface area contributed by atoms with Crippen molar-refractivity contribution in [3.63, 3.8) is 0 Å². The zero-order chi connectivity index (χ0) is 14.6. The predicted molar refractivity (Wildman–Crippen MR) is 76.7 cm³/mol. The highest BCUT2D eigenvalue weighted by Gasteiger charge is 2.04. The van der Waals surface area contributed by atoms with Crippen molar-refractivity contribution in [3.05, 3.63) is 24.3 Å². The number of nitrogens with one attached hydrogen (secondary N) is 1. The number of rotatable bonds is 10. The lowest BCUT2D eigenvalue weighted by Crippen LogP contribution is -2.30. The Bertz CT molecular complexity index is 399. The van der Waals surface area contributed by atoms with Crippen LogP contribution in [0.3, 0.4) is 0 Å². The third-order valence-corrected chi connectivity index (χ3v) is 2.50. The fraction of sp³-hybridized carbons (Fsp3) is 0.500. The van der Waals surface area contributed by atoms with Gasteiger partial charge in [0, 0.05) is 20.3 Å². The molecule has 0 saturated heterocycles. The van der Waals surface area contributed by atoms with Gasteiger partial charge in [0.25, 0.3) is 5.91 Å². The highest BCUT2D eigenvalue weighted by Crippen LogP contribution is 2.19. The molecule has 20 heavy (non-hydrogen) atoms. The van der Waals surface area contributed by atoms with Gasteiger partial charge in [-0.25, -0.2) is 0 Å². The first kappa shape index (κ1) is 16.3. The number of anilines is 1. The standard InChI is InChI=1S/C14H22N2O4/c1-18-9-10-19-8-4-7-16-14(17)11-20-13-6-3-2-5-12(13)15/h2-3,5-6H,4,7-11,15H2,1H3,(H,16,17). The van der Waals surface area contributed by atoms with Gasteiger partial charge >= 0.3 is 0 Å². The summed E-state index contributed by atoms with van der Waals surface area (Å²) in [7, 11) is 1.63. The average molecular weight is 282 g/mol. The van der Waals surface area contributed by atoms with E-state index in [0.717, 1.165) is 6.42 Å². The summed E-state index contributed by atoms with van der Waals surface area (Å²) < 4.78 is 15.4. The van der Waals surface area contributed by atoms with E-state index in [4.69, 9.17) is 19.9 Å². The number of carbonyl (C=O) groups excluding carboxylic acids is 1. The summed E-state index contributed by atoms with van der Waals surface area (Å²) in [4.78, 5) is 11.5. The number of benzene rings is 1. The van der Waals surface area contributed by atoms with Crippen LogP contribution >= 0.6 is 0 Å². The number of nitrogens with two attached hydrogens (primary N) is 1. The Hall–Kier alpha value is -1.79. The largest absolute Gasteiger partial charge is 0.482 e. The monoisotopic (exact) mass is 282 g/mol. The molecule has 1 amide bonds. The zero-order valence-corrected chi connectivity index (χ0v) is 11.8. The van der Waals surface area contributed by atoms with E-state index in [0.29, 0.717) is 37.8 Å². The molecule has 0 aliphatic heterocycles. The molecule has 0 radical (unpaired) electrons. The highest BCUT2D eigenvalue weighted by molar-refractivity contribution is 5.77. The molecule has 1 rings (SSSR count). The number of methoxy groups -OCH3 is 1. The van der Waals surface area contributed by atoms with Crippen LogP contribution in [0.5, 0.6) is 5.75 Å². The van der Waals surface area contributed by atoms with Gasteiger partial charge in [0.1, 0.15) is 5.75 Å². The van der Waals surface area contributed by atoms with Gasteiger partial charge in [-0.3, -0.25) is 4.79 Å². The topological polar surface area (TPSA) is 82.8 Å². The summed E-state index contributed by atoms with van der Waals surface area (Å²) in [5, 5.41) is 2.75. The summed E-state index contributed by atoms with van der Waals surface area (Å²) in [6.07, 6.45) is 0.753. The molecule has 0 aromatic heterocycles. The maximum atomic E-state index is 11.5. The second kappa shape index (κ2) is 10.1. The van der Waals surface area contributed by atoms with Crippen LogP contribution in [-0.2, 0) is 14.3 Å². The maximum absolute atomic E-state index is 11.5. The third-order valence-electron chi connectivity index (χ3n) is 2.50. The Kier molecular flexibility index (Phi) is 8.17. The van der Waals surface area contributed by atoms with Gasteiger partial charge in [0.2, 0.25) is 0 Å². The van der Waals surface area contributed by atoms with Crippen molar-refractivity contribution < 1.29 is 19.0 Å². The van der Waals surface area contributed by atoms with Crippen molar-refractivity contribution in [3.8, 4) is 5.75 Å². The van der Waals surface area contributed by atoms with Crippen LogP contribution in [0, 0.1) is 0 Å². The number of para-hydroxylation sites is 2. The molecule has 112 valence electrons. The summed E-state index contributed by atoms with van der Waals surface area (Å²) in [6, 6.07) is 7.07. The van der Waals surface area contributed by atoms with Crippen molar-refractivity contribution in [2.75, 3.05) is 45.8 Å². The number of carbonyl (C=O) groups is 1. The van der Waals surface area contributed by atoms with E-state index < -0.39 is 0 Å². The van der Waals surface area contributed by atoms with Gasteiger partial charge in [-0.15, -0.1) is 0 Å². The first-order valence-electron chi connectivity index (χ1n) is 6.54. The molecule has 0 bridgehead atoms. The molecular formula is C14H22N2O4. The second-order valence-electron chi connectivity index (χ2n) is 4.14. The van der Waals surface area contributed by atoms with Crippen molar-refractivity contribution in [1.29, 1.82) is 0 Å². The second-order valence-corrected chi connectivity index (χ2v) is 4.14. The molecule has 0 fully saturated rings. The molecule has 0 atom stereocenters. The fourth-order valence-corrected chi connectivity index (χ4v) is 1.45. The average Bonchev–Trinajstić information content (AvgIpc) is 2.45. The summed E-state index contributed by atoms with van der Waals surface area (Å²) in [5.41, 5.74) is 6.22. The maximum Gasteiger partial charge on any atom is 0.257 e. The molecule has 1 aromatic rings. The van der Waals surface area contributed by atoms with E-state index in [-0.39, 0.29) is 12.5 Å². The van der Waals surface area contributed by atoms with Gasteiger partial charge in [-0.05, 0) is 18.6 Å². The quantitative estimate of drug-likeness (QED) is 0.490. The Morgan fingerprint density at radius 3 is 2.80 bits per heavy atom. The molecule has 1 aromatic carbocycles. The minimum Gasteiger partial charge on any atom is -0.482 e. The smallest absolute Gasteiger partial charge is 0.257 e. The van der Waals surface area contributed by atoms with E-state index in [1.54, 1.807) is 25.3 Å². The highest BCUT2D eigenvalue weighted by atomic mass is 16.5. The van der Waals surface area contributed by atoms with E-state index in [9.17, 15) is 4.79 Å². The summed E-state index contributed by atoms with van der Waals surface area (Å²) in [6.45, 7) is 2.26. The molecule has 0 spiro atoms. The Balaban J connectivity index is 2.05. The van der Waals surface area contributed by atoms with Crippen molar-refractivity contribution >= 4 is 11.6 Å². The number of ether oxygens (including phenoxy) is 3. The van der Waals surface area contributed by atoms with E-state index in [2.05, 4.69) is 5.32 Å². The minimum absolute atomic E-state index is 0.0429. The summed E-state index contributed by atoms with van der Waals surface area (Å²) >= 11 is 0. The zero-order valence-electron chi connectivity index (χ0n) is 11.8. The molecule has 6 nitrogen and oxygen atoms in total. The number of hydrogen-bond acceptors (Lipinski definition) is 5. The number of nitrogen functional groups attached to an aromatic ring is 1. The SMILES string of the molecule is COCCOCCCNC(=O)COc1ccccc1N. The molecule has 0 unspecified atom stereocenters. The van der Waals surface area contributed by atoms with Crippen LogP contribution in [0.25, 0.3) is 0 Å². The van der Waals surface area contributed by atoms with E-state index >= 15 is 0 Å². The lowest BCUT2D eigenvalue weighted by atomic mass is 10.3. The van der Waals surface area contributed by atoms with Gasteiger partial charge in [-0.2, -0.15) is 0 Å². The van der Waals surface area contributed by atoms with Crippen molar-refractivity contribution in [2.45, 2.75) is 6.42 Å².